The highest BCUT2D eigenvalue weighted by Crippen LogP contribution is 2.51. The van der Waals surface area contributed by atoms with E-state index < -0.39 is 0 Å². The second-order valence-corrected chi connectivity index (χ2v) is 12.3. The van der Waals surface area contributed by atoms with E-state index in [0.29, 0.717) is 5.92 Å². The van der Waals surface area contributed by atoms with Crippen molar-refractivity contribution in [2.75, 3.05) is 0 Å². The highest BCUT2D eigenvalue weighted by Gasteiger charge is 2.41. The van der Waals surface area contributed by atoms with Gasteiger partial charge in [-0.25, -0.2) is 0 Å². The zero-order valence-corrected chi connectivity index (χ0v) is 29.8. The van der Waals surface area contributed by atoms with Crippen molar-refractivity contribution in [3.63, 3.8) is 0 Å². The van der Waals surface area contributed by atoms with Crippen molar-refractivity contribution in [3.8, 4) is 12.8 Å². The minimum Gasteiger partial charge on any atom is -0.124 e. The third-order valence-corrected chi connectivity index (χ3v) is 8.64. The van der Waals surface area contributed by atoms with Crippen LogP contribution in [-0.4, -0.2) is 0 Å². The van der Waals surface area contributed by atoms with E-state index in [2.05, 4.69) is 100 Å². The summed E-state index contributed by atoms with van der Waals surface area (Å²) in [5.74, 6) is 2.53. The first-order chi connectivity index (χ1) is 19.1. The van der Waals surface area contributed by atoms with Gasteiger partial charge in [-0.15, -0.1) is 18.6 Å². The van der Waals surface area contributed by atoms with E-state index in [1.54, 1.807) is 0 Å². The number of rotatable bonds is 6. The predicted octanol–water partition coefficient (Wildman–Crippen LogP) is 14.1. The molecule has 2 saturated carbocycles. The SMILES string of the molecule is C#C.C=C(/C(C)=C\C1=C=C(C)CC1)C(C)(C(C)CC)C1CCCCC1.CC.CC1CCCCC1.CCC.CCC. The molecule has 0 N–H and O–H groups in total. The number of allylic oxidation sites excluding steroid dienone is 4. The first-order valence-electron chi connectivity index (χ1n) is 17.3. The molecule has 0 saturated heterocycles. The van der Waals surface area contributed by atoms with Crippen molar-refractivity contribution >= 4 is 0 Å². The first-order valence-corrected chi connectivity index (χ1v) is 17.3. The summed E-state index contributed by atoms with van der Waals surface area (Å²) in [4.78, 5) is 0. The number of terminal acetylenes is 1. The largest absolute Gasteiger partial charge is 0.124 e. The van der Waals surface area contributed by atoms with E-state index in [-0.39, 0.29) is 5.41 Å². The van der Waals surface area contributed by atoms with Gasteiger partial charge in [0.1, 0.15) is 0 Å². The van der Waals surface area contributed by atoms with Gasteiger partial charge in [0.25, 0.3) is 0 Å². The van der Waals surface area contributed by atoms with Gasteiger partial charge in [-0.3, -0.25) is 0 Å². The number of hydrogen-bond donors (Lipinski definition) is 0. The van der Waals surface area contributed by atoms with E-state index in [1.165, 1.54) is 112 Å². The minimum absolute atomic E-state index is 0.244. The van der Waals surface area contributed by atoms with Crippen LogP contribution in [0.3, 0.4) is 0 Å². The molecule has 0 bridgehead atoms. The molecule has 0 nitrogen and oxygen atoms in total. The van der Waals surface area contributed by atoms with Gasteiger partial charge in [0.2, 0.25) is 0 Å². The molecule has 40 heavy (non-hydrogen) atoms. The lowest BCUT2D eigenvalue weighted by molar-refractivity contribution is 0.111. The molecular formula is C40H74. The lowest BCUT2D eigenvalue weighted by Gasteiger charge is -2.46. The average molecular weight is 555 g/mol. The normalized spacial score (nSPS) is 19.3. The third kappa shape index (κ3) is 17.4. The Balaban J connectivity index is -0.000000660. The van der Waals surface area contributed by atoms with Crippen LogP contribution in [0.1, 0.15) is 179 Å². The van der Waals surface area contributed by atoms with Gasteiger partial charge in [-0.05, 0) is 91.1 Å². The topological polar surface area (TPSA) is 0 Å². The summed E-state index contributed by atoms with van der Waals surface area (Å²) in [5, 5.41) is 0. The van der Waals surface area contributed by atoms with Crippen molar-refractivity contribution in [2.45, 2.75) is 179 Å². The van der Waals surface area contributed by atoms with Gasteiger partial charge in [0, 0.05) is 0 Å². The van der Waals surface area contributed by atoms with Gasteiger partial charge in [0.05, 0.1) is 0 Å². The van der Waals surface area contributed by atoms with Crippen LogP contribution in [0.4, 0.5) is 0 Å². The molecule has 2 atom stereocenters. The number of hydrogen-bond acceptors (Lipinski definition) is 0. The summed E-state index contributed by atoms with van der Waals surface area (Å²) in [5.41, 5.74) is 9.31. The summed E-state index contributed by atoms with van der Waals surface area (Å²) >= 11 is 0. The van der Waals surface area contributed by atoms with Crippen molar-refractivity contribution < 1.29 is 0 Å². The molecule has 0 spiro atoms. The standard InChI is InChI=1S/C23H36.C7H14.2C3H8.C2H6.C2H2/c1-7-19(4)23(6,22-11-9-8-10-12-22)20(5)18(3)16-21-14-13-17(2)15-21;1-7-5-3-2-4-6-7;2*1-3-2;2*1-2/h16,19,22H,5,7-14H2,1-4,6H3;7H,2-6H2,1H3;2*3H2,1-2H3;1-2H3;1-2H/b18-16-;;;;;. The molecule has 0 radical (unpaired) electrons. The zero-order valence-electron chi connectivity index (χ0n) is 29.8. The van der Waals surface area contributed by atoms with Gasteiger partial charge in [0.15, 0.2) is 0 Å². The van der Waals surface area contributed by atoms with E-state index in [0.717, 1.165) is 18.3 Å². The van der Waals surface area contributed by atoms with Crippen molar-refractivity contribution in [3.05, 3.63) is 40.7 Å². The molecule has 2 fully saturated rings. The van der Waals surface area contributed by atoms with Crippen LogP contribution in [-0.2, 0) is 0 Å². The Labute approximate surface area is 255 Å². The summed E-state index contributed by atoms with van der Waals surface area (Å²) in [6, 6.07) is 0. The first kappa shape index (κ1) is 43.0. The lowest BCUT2D eigenvalue weighted by atomic mass is 9.58. The maximum Gasteiger partial charge on any atom is -0.00248 e. The smallest absolute Gasteiger partial charge is 0.00248 e. The van der Waals surface area contributed by atoms with Crippen LogP contribution in [0.2, 0.25) is 0 Å². The molecule has 0 heteroatoms. The molecule has 3 aliphatic carbocycles. The quantitative estimate of drug-likeness (QED) is 0.174. The molecule has 0 aromatic carbocycles. The average Bonchev–Trinajstić information content (AvgIpc) is 3.40. The van der Waals surface area contributed by atoms with Crippen LogP contribution in [0, 0.1) is 36.0 Å². The molecule has 0 aromatic rings. The second-order valence-electron chi connectivity index (χ2n) is 12.3. The fraction of sp³-hybridized carbons (Fsp3) is 0.775. The zero-order chi connectivity index (χ0) is 31.6. The maximum absolute atomic E-state index is 4.62. The van der Waals surface area contributed by atoms with Gasteiger partial charge < -0.3 is 0 Å². The van der Waals surface area contributed by atoms with Crippen LogP contribution in [0.25, 0.3) is 0 Å². The summed E-state index contributed by atoms with van der Waals surface area (Å²) in [6.07, 6.45) is 30.9. The Bertz CT molecular complexity index is 708. The van der Waals surface area contributed by atoms with Gasteiger partial charge in [-0.2, -0.15) is 0 Å². The lowest BCUT2D eigenvalue weighted by Crippen LogP contribution is -2.37. The van der Waals surface area contributed by atoms with Crippen LogP contribution >= 0.6 is 0 Å². The Morgan fingerprint density at radius 1 is 0.900 bits per heavy atom. The van der Waals surface area contributed by atoms with Gasteiger partial charge >= 0.3 is 0 Å². The van der Waals surface area contributed by atoms with Crippen LogP contribution in [0.5, 0.6) is 0 Å². The van der Waals surface area contributed by atoms with Crippen molar-refractivity contribution in [1.82, 2.24) is 0 Å². The summed E-state index contributed by atoms with van der Waals surface area (Å²) < 4.78 is 0. The van der Waals surface area contributed by atoms with Crippen LogP contribution in [0.15, 0.2) is 40.7 Å². The molecule has 0 amide bonds. The van der Waals surface area contributed by atoms with E-state index in [1.807, 2.05) is 13.8 Å². The summed E-state index contributed by atoms with van der Waals surface area (Å²) in [7, 11) is 0. The predicted molar refractivity (Wildman–Crippen MR) is 188 cm³/mol. The molecule has 0 heterocycles. The third-order valence-electron chi connectivity index (χ3n) is 8.64. The highest BCUT2D eigenvalue weighted by molar-refractivity contribution is 5.40. The molecule has 0 aliphatic heterocycles. The van der Waals surface area contributed by atoms with Crippen molar-refractivity contribution in [2.24, 2.45) is 23.2 Å². The molecule has 3 aliphatic rings. The molecule has 2 unspecified atom stereocenters. The Morgan fingerprint density at radius 3 is 1.65 bits per heavy atom. The molecule has 0 aromatic heterocycles. The maximum atomic E-state index is 4.62. The summed E-state index contributed by atoms with van der Waals surface area (Å²) in [6.45, 7) is 31.2. The van der Waals surface area contributed by atoms with E-state index in [9.17, 15) is 0 Å². The molecule has 234 valence electrons. The Hall–Kier alpha value is -1.44. The highest BCUT2D eigenvalue weighted by atomic mass is 14.5. The van der Waals surface area contributed by atoms with Crippen molar-refractivity contribution in [1.29, 1.82) is 0 Å². The second kappa shape index (κ2) is 27.7. The van der Waals surface area contributed by atoms with E-state index >= 15 is 0 Å². The van der Waals surface area contributed by atoms with E-state index in [4.69, 9.17) is 0 Å². The fourth-order valence-corrected chi connectivity index (χ4v) is 5.98. The van der Waals surface area contributed by atoms with Crippen LogP contribution < -0.4 is 0 Å². The van der Waals surface area contributed by atoms with Gasteiger partial charge in [-0.1, -0.05) is 146 Å². The fourth-order valence-electron chi connectivity index (χ4n) is 5.98. The Morgan fingerprint density at radius 2 is 1.32 bits per heavy atom. The molecule has 3 rings (SSSR count). The minimum atomic E-state index is 0.244. The monoisotopic (exact) mass is 555 g/mol. The Kier molecular flexibility index (Phi) is 29.8. The molecular weight excluding hydrogens is 480 g/mol.